The summed E-state index contributed by atoms with van der Waals surface area (Å²) in [7, 11) is -1.75. The number of aromatic nitrogens is 3. The van der Waals surface area contributed by atoms with Crippen LogP contribution in [0.25, 0.3) is 11.0 Å². The molecule has 6 N–H and O–H groups in total. The van der Waals surface area contributed by atoms with Gasteiger partial charge in [-0.3, -0.25) is 19.0 Å². The van der Waals surface area contributed by atoms with Crippen LogP contribution in [0.3, 0.4) is 0 Å². The Kier molecular flexibility index (Phi) is 17.3. The van der Waals surface area contributed by atoms with Crippen LogP contribution in [0.15, 0.2) is 71.9 Å². The van der Waals surface area contributed by atoms with Gasteiger partial charge < -0.3 is 30.6 Å². The molecule has 0 bridgehead atoms. The third kappa shape index (κ3) is 14.1. The number of rotatable bonds is 15. The number of ether oxygens (including phenoxy) is 2. The van der Waals surface area contributed by atoms with Gasteiger partial charge in [0.1, 0.15) is 17.5 Å². The molecule has 0 aliphatic rings. The molecule has 2 aromatic heterocycles. The van der Waals surface area contributed by atoms with Gasteiger partial charge in [-0.25, -0.2) is 14.8 Å². The highest BCUT2D eigenvalue weighted by Crippen LogP contribution is 2.21. The number of benzene rings is 2. The Bertz CT molecular complexity index is 1890. The number of nitrogens with one attached hydrogen (secondary N) is 1. The van der Waals surface area contributed by atoms with Gasteiger partial charge >= 0.3 is 12.1 Å². The fourth-order valence-corrected chi connectivity index (χ4v) is 4.79. The van der Waals surface area contributed by atoms with Crippen LogP contribution in [-0.2, 0) is 38.0 Å². The number of carbonyl (C=O) groups is 3. The Morgan fingerprint density at radius 3 is 2.33 bits per heavy atom. The van der Waals surface area contributed by atoms with Crippen molar-refractivity contribution in [3.05, 3.63) is 83.8 Å². The number of nitrogens with zero attached hydrogens (tertiary/aromatic N) is 5. The number of amidine groups is 1. The first-order valence-electron chi connectivity index (χ1n) is 16.4. The highest BCUT2D eigenvalue weighted by Gasteiger charge is 2.21. The van der Waals surface area contributed by atoms with E-state index in [4.69, 9.17) is 24.7 Å². The lowest BCUT2D eigenvalue weighted by atomic mass is 10.1. The molecule has 0 aliphatic carbocycles. The molecule has 0 atom stereocenters. The number of esters is 1. The van der Waals surface area contributed by atoms with Crippen LogP contribution in [0.2, 0.25) is 0 Å². The lowest BCUT2D eigenvalue weighted by Crippen LogP contribution is -2.34. The molecule has 2 aromatic carbocycles. The first-order valence-corrected chi connectivity index (χ1v) is 18.3. The molecule has 282 valence electrons. The van der Waals surface area contributed by atoms with Crippen molar-refractivity contribution in [1.82, 2.24) is 14.5 Å². The molecule has 0 aliphatic heterocycles. The van der Waals surface area contributed by atoms with Crippen molar-refractivity contribution < 1.29 is 42.3 Å². The van der Waals surface area contributed by atoms with Crippen LogP contribution in [0.1, 0.15) is 67.7 Å². The molecular weight excluding hydrogens is 694 g/mol. The maximum atomic E-state index is 13.6. The van der Waals surface area contributed by atoms with Gasteiger partial charge in [0.2, 0.25) is 0 Å². The number of fused-ring (bicyclic) bond motifs is 1. The maximum absolute atomic E-state index is 13.6. The van der Waals surface area contributed by atoms with Gasteiger partial charge in [-0.2, -0.15) is 13.4 Å². The number of unbranched alkanes of at least 4 members (excludes halogenated alkanes) is 3. The zero-order valence-electron chi connectivity index (χ0n) is 29.7. The topological polar surface area (TPSA) is 240 Å². The SMILES string of the molecule is CCCCCCOC(=O)/N=C(/N)c1ccc(NCc2nc3cc(C(=O)N(CCC(=O)OCC)c4ccccn4)ccc3n2C)cc1.CS(=O)(=O)O.O. The van der Waals surface area contributed by atoms with E-state index in [1.54, 1.807) is 55.6 Å². The summed E-state index contributed by atoms with van der Waals surface area (Å²) in [4.78, 5) is 52.0. The van der Waals surface area contributed by atoms with E-state index >= 15 is 0 Å². The minimum Gasteiger partial charge on any atom is -0.466 e. The number of carbonyl (C=O) groups excluding carboxylic acids is 3. The van der Waals surface area contributed by atoms with E-state index in [1.807, 2.05) is 29.8 Å². The number of aryl methyl sites for hydroxylation is 1. The second-order valence-electron chi connectivity index (χ2n) is 11.3. The molecule has 4 rings (SSSR count). The third-order valence-corrected chi connectivity index (χ3v) is 7.30. The first kappa shape index (κ1) is 42.8. The van der Waals surface area contributed by atoms with Gasteiger partial charge in [0, 0.05) is 36.6 Å². The summed E-state index contributed by atoms with van der Waals surface area (Å²) in [5.74, 6) is 0.620. The van der Waals surface area contributed by atoms with E-state index in [2.05, 4.69) is 22.2 Å². The Morgan fingerprint density at radius 1 is 1.00 bits per heavy atom. The Hall–Kier alpha value is -5.39. The molecule has 2 amide bonds. The quantitative estimate of drug-likeness (QED) is 0.0509. The second-order valence-corrected chi connectivity index (χ2v) is 12.8. The maximum Gasteiger partial charge on any atom is 0.435 e. The highest BCUT2D eigenvalue weighted by atomic mass is 32.2. The molecule has 52 heavy (non-hydrogen) atoms. The van der Waals surface area contributed by atoms with E-state index in [1.165, 1.54) is 4.90 Å². The summed E-state index contributed by atoms with van der Waals surface area (Å²) >= 11 is 0. The van der Waals surface area contributed by atoms with Gasteiger partial charge in [0.05, 0.1) is 43.5 Å². The predicted octanol–water partition coefficient (Wildman–Crippen LogP) is 4.28. The lowest BCUT2D eigenvalue weighted by Gasteiger charge is -2.21. The molecular formula is C35H47N7O9S. The Morgan fingerprint density at radius 2 is 1.69 bits per heavy atom. The van der Waals surface area contributed by atoms with Crippen molar-refractivity contribution in [3.63, 3.8) is 0 Å². The number of anilines is 2. The average molecular weight is 742 g/mol. The standard InChI is InChI=1S/C34H41N7O5.CH4O3S.H2O/c1-4-6-7-10-21-46-34(44)39-32(35)24-12-15-26(16-13-24)37-23-30-38-27-22-25(14-17-28(27)40(30)3)33(43)41(20-18-31(42)45-5-2)29-11-8-9-19-36-29;1-5(2,3)4;/h8-9,11-17,19,22,37H,4-7,10,18,20-21,23H2,1-3H3,(H2,35,39,44);1H3,(H,2,3,4);1H2. The molecule has 0 unspecified atom stereocenters. The van der Waals surface area contributed by atoms with E-state index < -0.39 is 16.2 Å². The van der Waals surface area contributed by atoms with E-state index in [9.17, 15) is 22.8 Å². The summed E-state index contributed by atoms with van der Waals surface area (Å²) in [6.45, 7) is 5.02. The largest absolute Gasteiger partial charge is 0.466 e. The monoisotopic (exact) mass is 741 g/mol. The number of imidazole rings is 1. The summed E-state index contributed by atoms with van der Waals surface area (Å²) in [6, 6.07) is 17.9. The molecule has 2 heterocycles. The van der Waals surface area contributed by atoms with Crippen LogP contribution in [-0.4, -0.2) is 82.8 Å². The highest BCUT2D eigenvalue weighted by molar-refractivity contribution is 7.85. The smallest absolute Gasteiger partial charge is 0.435 e. The van der Waals surface area contributed by atoms with Crippen LogP contribution in [0.4, 0.5) is 16.3 Å². The van der Waals surface area contributed by atoms with Crippen molar-refractivity contribution in [2.75, 3.05) is 36.2 Å². The Balaban J connectivity index is 0.00000146. The van der Waals surface area contributed by atoms with Crippen LogP contribution in [0, 0.1) is 0 Å². The van der Waals surface area contributed by atoms with Gasteiger partial charge in [-0.15, -0.1) is 0 Å². The van der Waals surface area contributed by atoms with Gasteiger partial charge in [-0.1, -0.05) is 32.3 Å². The predicted molar refractivity (Wildman–Crippen MR) is 199 cm³/mol. The first-order chi connectivity index (χ1) is 24.3. The van der Waals surface area contributed by atoms with Crippen LogP contribution < -0.4 is 16.0 Å². The minimum absolute atomic E-state index is 0. The van der Waals surface area contributed by atoms with Crippen molar-refractivity contribution in [3.8, 4) is 0 Å². The van der Waals surface area contributed by atoms with Crippen molar-refractivity contribution in [1.29, 1.82) is 0 Å². The molecule has 0 fully saturated rings. The normalized spacial score (nSPS) is 11.1. The van der Waals surface area contributed by atoms with Gasteiger partial charge in [0.25, 0.3) is 16.0 Å². The fourth-order valence-electron chi connectivity index (χ4n) is 4.79. The summed E-state index contributed by atoms with van der Waals surface area (Å²) in [6.07, 6.45) is 5.71. The van der Waals surface area contributed by atoms with Crippen molar-refractivity contribution >= 4 is 56.5 Å². The molecule has 4 aromatic rings. The molecule has 0 saturated carbocycles. The van der Waals surface area contributed by atoms with Gasteiger partial charge in [0.15, 0.2) is 0 Å². The summed E-state index contributed by atoms with van der Waals surface area (Å²) < 4.78 is 38.0. The molecule has 0 saturated heterocycles. The molecule has 0 spiro atoms. The Labute approximate surface area is 303 Å². The van der Waals surface area contributed by atoms with Crippen molar-refractivity contribution in [2.24, 2.45) is 17.8 Å². The van der Waals surface area contributed by atoms with Gasteiger partial charge in [-0.05, 0) is 67.9 Å². The average Bonchev–Trinajstić information content (AvgIpc) is 3.41. The lowest BCUT2D eigenvalue weighted by molar-refractivity contribution is -0.142. The van der Waals surface area contributed by atoms with E-state index in [0.29, 0.717) is 41.9 Å². The number of amides is 2. The second kappa shape index (κ2) is 21.1. The van der Waals surface area contributed by atoms with Crippen LogP contribution in [0.5, 0.6) is 0 Å². The van der Waals surface area contributed by atoms with Crippen LogP contribution >= 0.6 is 0 Å². The number of aliphatic imine (C=N–C) groups is 1. The van der Waals surface area contributed by atoms with E-state index in [-0.39, 0.29) is 42.8 Å². The van der Waals surface area contributed by atoms with Crippen molar-refractivity contribution in [2.45, 2.75) is 52.5 Å². The number of hydrogen-bond donors (Lipinski definition) is 3. The summed E-state index contributed by atoms with van der Waals surface area (Å²) in [5, 5.41) is 3.35. The number of nitrogens with two attached hydrogens (primary N) is 1. The fraction of sp³-hybridized carbons (Fsp3) is 0.371. The molecule has 16 nitrogen and oxygen atoms in total. The summed E-state index contributed by atoms with van der Waals surface area (Å²) in [5.41, 5.74) is 9.40. The zero-order valence-corrected chi connectivity index (χ0v) is 30.6. The number of hydrogen-bond acceptors (Lipinski definition) is 10. The zero-order chi connectivity index (χ0) is 37.4. The molecule has 17 heteroatoms. The third-order valence-electron chi connectivity index (χ3n) is 7.30. The molecule has 0 radical (unpaired) electrons. The van der Waals surface area contributed by atoms with E-state index in [0.717, 1.165) is 42.7 Å². The minimum atomic E-state index is -3.67. The number of pyridine rings is 1.